The predicted octanol–water partition coefficient (Wildman–Crippen LogP) is 4.43. The molecule has 0 N–H and O–H groups in total. The zero-order valence-corrected chi connectivity index (χ0v) is 11.1. The normalized spacial score (nSPS) is 11.1. The van der Waals surface area contributed by atoms with Crippen LogP contribution in [0.3, 0.4) is 0 Å². The van der Waals surface area contributed by atoms with Gasteiger partial charge in [-0.1, -0.05) is 19.1 Å². The monoisotopic (exact) mass is 274 g/mol. The number of hydrogen-bond acceptors (Lipinski definition) is 3. The maximum Gasteiger partial charge on any atom is 0.238 e. The van der Waals surface area contributed by atoms with Crippen LogP contribution in [0, 0.1) is 5.82 Å². The second-order valence-corrected chi connectivity index (χ2v) is 5.14. The van der Waals surface area contributed by atoms with Crippen molar-refractivity contribution in [1.29, 1.82) is 0 Å². The number of hydrogen-bond donors (Lipinski definition) is 0. The first-order valence-electron chi connectivity index (χ1n) is 6.00. The Kier molecular flexibility index (Phi) is 2.95. The number of halogens is 1. The minimum Gasteiger partial charge on any atom is -0.449 e. The van der Waals surface area contributed by atoms with Crippen molar-refractivity contribution in [2.45, 2.75) is 13.3 Å². The van der Waals surface area contributed by atoms with Crippen molar-refractivity contribution in [3.05, 3.63) is 57.7 Å². The van der Waals surface area contributed by atoms with Crippen LogP contribution in [0.1, 0.15) is 27.9 Å². The molecule has 0 amide bonds. The Morgan fingerprint density at radius 3 is 2.95 bits per heavy atom. The van der Waals surface area contributed by atoms with Crippen molar-refractivity contribution in [1.82, 2.24) is 0 Å². The largest absolute Gasteiger partial charge is 0.449 e. The quantitative estimate of drug-likeness (QED) is 0.661. The van der Waals surface area contributed by atoms with Crippen LogP contribution >= 0.6 is 11.3 Å². The number of carbonyl (C=O) groups excluding carboxylic acids is 1. The molecule has 0 saturated carbocycles. The zero-order chi connectivity index (χ0) is 13.4. The summed E-state index contributed by atoms with van der Waals surface area (Å²) in [4.78, 5) is 13.0. The summed E-state index contributed by atoms with van der Waals surface area (Å²) in [6, 6.07) is 8.18. The van der Waals surface area contributed by atoms with Crippen molar-refractivity contribution >= 4 is 28.1 Å². The fourth-order valence-corrected chi connectivity index (χ4v) is 3.00. The molecule has 0 spiro atoms. The Morgan fingerprint density at radius 2 is 2.21 bits per heavy atom. The van der Waals surface area contributed by atoms with Gasteiger partial charge in [-0.05, 0) is 35.6 Å². The molecule has 3 rings (SSSR count). The van der Waals surface area contributed by atoms with Gasteiger partial charge in [0.05, 0.1) is 4.88 Å². The number of furan rings is 1. The van der Waals surface area contributed by atoms with Crippen LogP contribution < -0.4 is 0 Å². The molecule has 4 heteroatoms. The van der Waals surface area contributed by atoms with Gasteiger partial charge in [0.15, 0.2) is 17.2 Å². The highest BCUT2D eigenvalue weighted by atomic mass is 32.1. The van der Waals surface area contributed by atoms with Crippen LogP contribution in [-0.4, -0.2) is 5.78 Å². The molecule has 19 heavy (non-hydrogen) atoms. The van der Waals surface area contributed by atoms with E-state index in [2.05, 4.69) is 0 Å². The molecule has 0 bridgehead atoms. The van der Waals surface area contributed by atoms with E-state index in [1.807, 2.05) is 18.4 Å². The molecule has 0 saturated heterocycles. The van der Waals surface area contributed by atoms with Crippen molar-refractivity contribution in [3.8, 4) is 0 Å². The van der Waals surface area contributed by atoms with E-state index in [9.17, 15) is 9.18 Å². The second-order valence-electron chi connectivity index (χ2n) is 4.23. The van der Waals surface area contributed by atoms with E-state index in [1.165, 1.54) is 17.4 Å². The maximum atomic E-state index is 13.5. The Bertz CT molecular complexity index is 754. The van der Waals surface area contributed by atoms with Gasteiger partial charge in [0.2, 0.25) is 5.78 Å². The van der Waals surface area contributed by atoms with Gasteiger partial charge in [0, 0.05) is 5.39 Å². The second kappa shape index (κ2) is 4.63. The first-order chi connectivity index (χ1) is 9.20. The number of benzene rings is 1. The SMILES string of the molecule is CCc1ccsc1C(=O)c1cc2cccc(F)c2o1. The summed E-state index contributed by atoms with van der Waals surface area (Å²) in [6.45, 7) is 2.00. The van der Waals surface area contributed by atoms with E-state index >= 15 is 0 Å². The predicted molar refractivity (Wildman–Crippen MR) is 73.3 cm³/mol. The lowest BCUT2D eigenvalue weighted by molar-refractivity contribution is 0.101. The number of carbonyl (C=O) groups is 1. The Labute approximate surface area is 113 Å². The lowest BCUT2D eigenvalue weighted by Gasteiger charge is -1.97. The molecule has 0 unspecified atom stereocenters. The summed E-state index contributed by atoms with van der Waals surface area (Å²) in [6.07, 6.45) is 0.791. The lowest BCUT2D eigenvalue weighted by atomic mass is 10.1. The zero-order valence-electron chi connectivity index (χ0n) is 10.3. The van der Waals surface area contributed by atoms with Gasteiger partial charge in [0.25, 0.3) is 0 Å². The topological polar surface area (TPSA) is 30.2 Å². The smallest absolute Gasteiger partial charge is 0.238 e. The molecule has 3 aromatic rings. The number of aryl methyl sites for hydroxylation is 1. The third-order valence-electron chi connectivity index (χ3n) is 3.05. The number of rotatable bonds is 3. The molecular weight excluding hydrogens is 263 g/mol. The number of ketones is 1. The molecule has 0 aliphatic carbocycles. The van der Waals surface area contributed by atoms with Crippen LogP contribution in [-0.2, 0) is 6.42 Å². The van der Waals surface area contributed by atoms with Crippen molar-refractivity contribution in [2.75, 3.05) is 0 Å². The van der Waals surface area contributed by atoms with E-state index in [4.69, 9.17) is 4.42 Å². The third kappa shape index (κ3) is 1.98. The Hall–Kier alpha value is -1.94. The third-order valence-corrected chi connectivity index (χ3v) is 4.01. The van der Waals surface area contributed by atoms with Gasteiger partial charge < -0.3 is 4.42 Å². The maximum absolute atomic E-state index is 13.5. The molecule has 96 valence electrons. The van der Waals surface area contributed by atoms with Gasteiger partial charge >= 0.3 is 0 Å². The van der Waals surface area contributed by atoms with Gasteiger partial charge in [-0.15, -0.1) is 11.3 Å². The van der Waals surface area contributed by atoms with Crippen LogP contribution in [0.25, 0.3) is 11.0 Å². The van der Waals surface area contributed by atoms with E-state index < -0.39 is 5.82 Å². The summed E-state index contributed by atoms with van der Waals surface area (Å²) in [5, 5.41) is 2.49. The van der Waals surface area contributed by atoms with Gasteiger partial charge in [0.1, 0.15) is 0 Å². The summed E-state index contributed by atoms with van der Waals surface area (Å²) in [5.74, 6) is -0.432. The van der Waals surface area contributed by atoms with E-state index in [-0.39, 0.29) is 17.1 Å². The average molecular weight is 274 g/mol. The summed E-state index contributed by atoms with van der Waals surface area (Å²) in [5.41, 5.74) is 1.14. The summed E-state index contributed by atoms with van der Waals surface area (Å²) in [7, 11) is 0. The fourth-order valence-electron chi connectivity index (χ4n) is 2.06. The standard InChI is InChI=1S/C15H11FO2S/c1-2-9-6-7-19-15(9)13(17)12-8-10-4-3-5-11(16)14(10)18-12/h3-8H,2H2,1H3. The van der Waals surface area contributed by atoms with Crippen LogP contribution in [0.15, 0.2) is 40.1 Å². The van der Waals surface area contributed by atoms with Gasteiger partial charge in [-0.3, -0.25) is 4.79 Å². The summed E-state index contributed by atoms with van der Waals surface area (Å²) < 4.78 is 18.9. The molecule has 1 aromatic carbocycles. The van der Waals surface area contributed by atoms with Crippen LogP contribution in [0.4, 0.5) is 4.39 Å². The highest BCUT2D eigenvalue weighted by Gasteiger charge is 2.19. The highest BCUT2D eigenvalue weighted by Crippen LogP contribution is 2.27. The molecule has 0 aliphatic rings. The molecule has 0 radical (unpaired) electrons. The minimum absolute atomic E-state index is 0.139. The van der Waals surface area contributed by atoms with E-state index in [0.717, 1.165) is 12.0 Å². The van der Waals surface area contributed by atoms with E-state index in [1.54, 1.807) is 18.2 Å². The number of fused-ring (bicyclic) bond motifs is 1. The average Bonchev–Trinajstić information content (AvgIpc) is 3.04. The van der Waals surface area contributed by atoms with Crippen LogP contribution in [0.2, 0.25) is 0 Å². The molecule has 2 aromatic heterocycles. The van der Waals surface area contributed by atoms with E-state index in [0.29, 0.717) is 10.3 Å². The van der Waals surface area contributed by atoms with Gasteiger partial charge in [-0.25, -0.2) is 4.39 Å². The molecule has 2 heterocycles. The van der Waals surface area contributed by atoms with Crippen molar-refractivity contribution in [2.24, 2.45) is 0 Å². The first-order valence-corrected chi connectivity index (χ1v) is 6.87. The molecule has 0 atom stereocenters. The minimum atomic E-state index is -0.446. The van der Waals surface area contributed by atoms with Crippen molar-refractivity contribution in [3.63, 3.8) is 0 Å². The number of thiophene rings is 1. The molecule has 0 aliphatic heterocycles. The molecular formula is C15H11FO2S. The summed E-state index contributed by atoms with van der Waals surface area (Å²) >= 11 is 1.39. The first kappa shape index (κ1) is 12.1. The molecule has 2 nitrogen and oxygen atoms in total. The highest BCUT2D eigenvalue weighted by molar-refractivity contribution is 7.12. The molecule has 0 fully saturated rings. The lowest BCUT2D eigenvalue weighted by Crippen LogP contribution is -1.99. The van der Waals surface area contributed by atoms with Crippen molar-refractivity contribution < 1.29 is 13.6 Å². The fraction of sp³-hybridized carbons (Fsp3) is 0.133. The number of para-hydroxylation sites is 1. The van der Waals surface area contributed by atoms with Gasteiger partial charge in [-0.2, -0.15) is 0 Å². The Balaban J connectivity index is 2.09. The Morgan fingerprint density at radius 1 is 1.37 bits per heavy atom. The van der Waals surface area contributed by atoms with Crippen LogP contribution in [0.5, 0.6) is 0 Å².